The first-order chi connectivity index (χ1) is 27.0. The monoisotopic (exact) mass is 780 g/mol. The number of carbonyl (C=O) groups excluding carboxylic acids is 2. The van der Waals surface area contributed by atoms with E-state index in [1.165, 1.54) is 25.7 Å². The number of aliphatic hydroxyl groups excluding tert-OH is 2. The second kappa shape index (κ2) is 20.3. The van der Waals surface area contributed by atoms with Crippen molar-refractivity contribution in [1.29, 1.82) is 0 Å². The lowest BCUT2D eigenvalue weighted by Crippen LogP contribution is -2.70. The van der Waals surface area contributed by atoms with Gasteiger partial charge >= 0.3 is 6.09 Å². The molecule has 0 bridgehead atoms. The molecule has 3 N–H and O–H groups in total. The zero-order valence-corrected chi connectivity index (χ0v) is 34.7. The summed E-state index contributed by atoms with van der Waals surface area (Å²) < 4.78 is 20.2. The van der Waals surface area contributed by atoms with E-state index in [-0.39, 0.29) is 43.5 Å². The standard InChI is InChI=1S/C45H69N3O8/c1-7-24-48(40(51)23-20-31-16-10-11-17-31)39-30-37(47-56-44(4,5)6)35-28-32(18-12-14-25-49)34(19-13-15-26-50)41-36-29-33(54-43(52)46-9-3)21-22-38(36)55-45(39,42(35)41)53-27-8-2/h8,21-22,28-29,31-32,34,39,41-42,49-50H,2,7,9-20,23-27,30H2,1,3-6H3,(H,46,52). The van der Waals surface area contributed by atoms with Crippen LogP contribution < -0.4 is 14.8 Å². The molecule has 0 spiro atoms. The molecule has 5 rings (SSSR count). The van der Waals surface area contributed by atoms with E-state index in [0.717, 1.165) is 55.4 Å². The lowest BCUT2D eigenvalue weighted by molar-refractivity contribution is -0.257. The molecule has 6 atom stereocenters. The molecule has 2 amide bonds. The highest BCUT2D eigenvalue weighted by molar-refractivity contribution is 6.03. The van der Waals surface area contributed by atoms with Gasteiger partial charge in [0.05, 0.1) is 18.2 Å². The van der Waals surface area contributed by atoms with Crippen molar-refractivity contribution in [3.8, 4) is 11.5 Å². The van der Waals surface area contributed by atoms with E-state index < -0.39 is 29.4 Å². The van der Waals surface area contributed by atoms with E-state index in [0.29, 0.717) is 56.2 Å². The van der Waals surface area contributed by atoms with Crippen LogP contribution in [-0.2, 0) is 14.4 Å². The Bertz CT molecular complexity index is 1530. The molecule has 11 heteroatoms. The van der Waals surface area contributed by atoms with Gasteiger partial charge in [-0.1, -0.05) is 62.8 Å². The molecule has 312 valence electrons. The van der Waals surface area contributed by atoms with Crippen molar-refractivity contribution in [2.75, 3.05) is 32.9 Å². The van der Waals surface area contributed by atoms with Crippen molar-refractivity contribution < 1.29 is 38.9 Å². The number of amides is 2. The summed E-state index contributed by atoms with van der Waals surface area (Å²) in [5, 5.41) is 27.4. The van der Waals surface area contributed by atoms with Gasteiger partial charge in [-0.05, 0) is 108 Å². The van der Waals surface area contributed by atoms with Gasteiger partial charge in [0.2, 0.25) is 11.7 Å². The van der Waals surface area contributed by atoms with E-state index in [9.17, 15) is 19.8 Å². The van der Waals surface area contributed by atoms with E-state index in [1.54, 1.807) is 12.1 Å². The van der Waals surface area contributed by atoms with Crippen LogP contribution in [0.15, 0.2) is 47.7 Å². The van der Waals surface area contributed by atoms with Crippen LogP contribution in [-0.4, -0.2) is 83.2 Å². The lowest BCUT2D eigenvalue weighted by atomic mass is 9.55. The number of nitrogens with zero attached hydrogens (tertiary/aromatic N) is 2. The Balaban J connectivity index is 1.75. The topological polar surface area (TPSA) is 139 Å². The summed E-state index contributed by atoms with van der Waals surface area (Å²) in [6.45, 7) is 15.3. The van der Waals surface area contributed by atoms with Gasteiger partial charge in [0.25, 0.3) is 0 Å². The minimum Gasteiger partial charge on any atom is -0.459 e. The van der Waals surface area contributed by atoms with Gasteiger partial charge in [0.15, 0.2) is 0 Å². The minimum atomic E-state index is -1.30. The van der Waals surface area contributed by atoms with Gasteiger partial charge in [0.1, 0.15) is 23.1 Å². The van der Waals surface area contributed by atoms with Crippen LogP contribution in [0.5, 0.6) is 11.5 Å². The number of allylic oxidation sites excluding steroid dienone is 1. The molecule has 3 aliphatic carbocycles. The molecule has 1 heterocycles. The first kappa shape index (κ1) is 43.7. The molecule has 1 aromatic rings. The maximum Gasteiger partial charge on any atom is 0.412 e. The number of unbranched alkanes of at least 4 members (excludes halogenated alkanes) is 2. The fraction of sp³-hybridized carbons (Fsp3) is 0.711. The Kier molecular flexibility index (Phi) is 15.9. The maximum atomic E-state index is 14.6. The molecule has 2 fully saturated rings. The predicted octanol–water partition coefficient (Wildman–Crippen LogP) is 8.44. The molecule has 56 heavy (non-hydrogen) atoms. The van der Waals surface area contributed by atoms with E-state index in [4.69, 9.17) is 24.2 Å². The number of hydrogen-bond acceptors (Lipinski definition) is 9. The van der Waals surface area contributed by atoms with Gasteiger partial charge in [-0.25, -0.2) is 4.79 Å². The number of nitrogens with one attached hydrogen (secondary N) is 1. The fourth-order valence-corrected chi connectivity index (χ4v) is 9.66. The van der Waals surface area contributed by atoms with Crippen LogP contribution in [0.1, 0.15) is 136 Å². The Morgan fingerprint density at radius 3 is 2.46 bits per heavy atom. The fourth-order valence-electron chi connectivity index (χ4n) is 9.66. The predicted molar refractivity (Wildman–Crippen MR) is 219 cm³/mol. The smallest absolute Gasteiger partial charge is 0.412 e. The molecule has 1 aliphatic heterocycles. The number of carbonyl (C=O) groups is 2. The second-order valence-electron chi connectivity index (χ2n) is 17.2. The Labute approximate surface area is 335 Å². The van der Waals surface area contributed by atoms with Crippen LogP contribution >= 0.6 is 0 Å². The normalized spacial score (nSPS) is 26.4. The van der Waals surface area contributed by atoms with Gasteiger partial charge in [0, 0.05) is 50.6 Å². The summed E-state index contributed by atoms with van der Waals surface area (Å²) in [4.78, 5) is 35.6. The molecule has 11 nitrogen and oxygen atoms in total. The quantitative estimate of drug-likeness (QED) is 0.0681. The van der Waals surface area contributed by atoms with E-state index in [2.05, 4.69) is 24.9 Å². The van der Waals surface area contributed by atoms with Crippen LogP contribution in [0.2, 0.25) is 0 Å². The summed E-state index contributed by atoms with van der Waals surface area (Å²) in [7, 11) is 0. The number of hydrogen-bond donors (Lipinski definition) is 3. The number of aliphatic hydroxyl groups is 2. The average Bonchev–Trinajstić information content (AvgIpc) is 3.70. The minimum absolute atomic E-state index is 0.0734. The largest absolute Gasteiger partial charge is 0.459 e. The summed E-state index contributed by atoms with van der Waals surface area (Å²) in [6.07, 6.45) is 15.6. The van der Waals surface area contributed by atoms with Crippen molar-refractivity contribution in [2.45, 2.75) is 148 Å². The Morgan fingerprint density at radius 2 is 1.80 bits per heavy atom. The molecular formula is C45H69N3O8. The van der Waals surface area contributed by atoms with Crippen molar-refractivity contribution in [3.05, 3.63) is 48.1 Å². The van der Waals surface area contributed by atoms with Crippen molar-refractivity contribution in [3.63, 3.8) is 0 Å². The van der Waals surface area contributed by atoms with Crippen molar-refractivity contribution in [2.24, 2.45) is 28.8 Å². The van der Waals surface area contributed by atoms with Crippen molar-refractivity contribution in [1.82, 2.24) is 10.2 Å². The molecular weight excluding hydrogens is 711 g/mol. The Morgan fingerprint density at radius 1 is 1.07 bits per heavy atom. The SMILES string of the molecule is C=CCOC12Oc3ccc(OC(=O)NCC)cc3C3C(CCCCO)C(CCCCO)C=C(C(=NOC(C)(C)C)CC1N(CCC)C(=O)CCC1CCCC1)C32. The third-order valence-corrected chi connectivity index (χ3v) is 12.0. The van der Waals surface area contributed by atoms with Gasteiger partial charge in [-0.15, -0.1) is 6.58 Å². The van der Waals surface area contributed by atoms with Gasteiger partial charge in [-0.2, -0.15) is 0 Å². The third kappa shape index (κ3) is 10.4. The molecule has 6 unspecified atom stereocenters. The van der Waals surface area contributed by atoms with E-state index >= 15 is 0 Å². The van der Waals surface area contributed by atoms with Gasteiger partial charge < -0.3 is 39.5 Å². The highest BCUT2D eigenvalue weighted by Crippen LogP contribution is 2.62. The van der Waals surface area contributed by atoms with Crippen LogP contribution in [0.25, 0.3) is 0 Å². The first-order valence-electron chi connectivity index (χ1n) is 21.5. The summed E-state index contributed by atoms with van der Waals surface area (Å²) in [6, 6.07) is 5.03. The average molecular weight is 780 g/mol. The van der Waals surface area contributed by atoms with Gasteiger partial charge in [-0.3, -0.25) is 4.79 Å². The zero-order valence-electron chi connectivity index (χ0n) is 34.7. The lowest BCUT2D eigenvalue weighted by Gasteiger charge is -2.60. The van der Waals surface area contributed by atoms with Crippen molar-refractivity contribution >= 4 is 17.7 Å². The highest BCUT2D eigenvalue weighted by Gasteiger charge is 2.65. The molecule has 1 aromatic carbocycles. The zero-order chi connectivity index (χ0) is 40.3. The number of oxime groups is 1. The van der Waals surface area contributed by atoms with Crippen LogP contribution in [0.4, 0.5) is 4.79 Å². The molecule has 0 saturated heterocycles. The number of rotatable bonds is 20. The molecule has 0 radical (unpaired) electrons. The number of fused-ring (bicyclic) bond motifs is 2. The summed E-state index contributed by atoms with van der Waals surface area (Å²) in [5.41, 5.74) is 2.12. The number of benzene rings is 1. The summed E-state index contributed by atoms with van der Waals surface area (Å²) >= 11 is 0. The Hall–Kier alpha value is -3.41. The molecule has 0 aromatic heterocycles. The van der Waals surface area contributed by atoms with E-state index in [1.807, 2.05) is 44.7 Å². The first-order valence-corrected chi connectivity index (χ1v) is 21.5. The highest BCUT2D eigenvalue weighted by atomic mass is 16.7. The third-order valence-electron chi connectivity index (χ3n) is 12.0. The number of ether oxygens (including phenoxy) is 3. The maximum absolute atomic E-state index is 14.6. The van der Waals surface area contributed by atoms with Crippen LogP contribution in [0, 0.1) is 23.7 Å². The second-order valence-corrected chi connectivity index (χ2v) is 17.2. The van der Waals surface area contributed by atoms with Crippen LogP contribution in [0.3, 0.4) is 0 Å². The summed E-state index contributed by atoms with van der Waals surface area (Å²) in [5.74, 6) is -0.0193. The molecule has 4 aliphatic rings. The molecule has 2 saturated carbocycles.